The monoisotopic (exact) mass is 265 g/mol. The van der Waals surface area contributed by atoms with Gasteiger partial charge in [-0.25, -0.2) is 4.98 Å². The highest BCUT2D eigenvalue weighted by atomic mass is 16.1. The van der Waals surface area contributed by atoms with Gasteiger partial charge in [-0.1, -0.05) is 24.3 Å². The first-order valence-electron chi connectivity index (χ1n) is 6.50. The summed E-state index contributed by atoms with van der Waals surface area (Å²) in [5, 5.41) is 2.94. The number of hydrogen-bond acceptors (Lipinski definition) is 2. The Morgan fingerprint density at radius 1 is 1.25 bits per heavy atom. The molecule has 1 heterocycles. The van der Waals surface area contributed by atoms with E-state index in [4.69, 9.17) is 0 Å². The topological polar surface area (TPSA) is 57.8 Å². The summed E-state index contributed by atoms with van der Waals surface area (Å²) in [6, 6.07) is 13.6. The van der Waals surface area contributed by atoms with E-state index >= 15 is 0 Å². The number of fused-ring (bicyclic) bond motifs is 1. The Labute approximate surface area is 116 Å². The lowest BCUT2D eigenvalue weighted by Crippen LogP contribution is -2.15. The summed E-state index contributed by atoms with van der Waals surface area (Å²) in [6.45, 7) is 1.98. The molecule has 0 aliphatic heterocycles. The number of carbonyl (C=O) groups is 1. The molecule has 3 aromatic rings. The van der Waals surface area contributed by atoms with Gasteiger partial charge in [0.15, 0.2) is 0 Å². The van der Waals surface area contributed by atoms with E-state index in [-0.39, 0.29) is 5.91 Å². The minimum atomic E-state index is -0.0156. The smallest absolute Gasteiger partial charge is 0.228 e. The maximum absolute atomic E-state index is 12.1. The lowest BCUT2D eigenvalue weighted by Gasteiger charge is -2.08. The lowest BCUT2D eigenvalue weighted by atomic mass is 10.1. The Morgan fingerprint density at radius 3 is 2.95 bits per heavy atom. The second-order valence-corrected chi connectivity index (χ2v) is 4.79. The van der Waals surface area contributed by atoms with E-state index in [0.717, 1.165) is 27.8 Å². The Morgan fingerprint density at radius 2 is 2.10 bits per heavy atom. The highest BCUT2D eigenvalue weighted by Gasteiger charge is 2.06. The number of nitrogens with zero attached hydrogens (tertiary/aromatic N) is 1. The van der Waals surface area contributed by atoms with Crippen molar-refractivity contribution in [1.29, 1.82) is 0 Å². The molecule has 100 valence electrons. The molecule has 2 aromatic carbocycles. The van der Waals surface area contributed by atoms with E-state index in [1.165, 1.54) is 0 Å². The Bertz CT molecular complexity index is 761. The number of benzene rings is 2. The van der Waals surface area contributed by atoms with Crippen LogP contribution in [0.4, 0.5) is 5.69 Å². The van der Waals surface area contributed by atoms with Crippen LogP contribution in [0.25, 0.3) is 11.0 Å². The predicted molar refractivity (Wildman–Crippen MR) is 79.6 cm³/mol. The van der Waals surface area contributed by atoms with Gasteiger partial charge in [-0.05, 0) is 36.2 Å². The molecular formula is C16H15N3O. The zero-order valence-electron chi connectivity index (χ0n) is 11.2. The number of anilines is 1. The van der Waals surface area contributed by atoms with E-state index < -0.39 is 0 Å². The third kappa shape index (κ3) is 2.54. The predicted octanol–water partition coefficient (Wildman–Crippen LogP) is 3.05. The Hall–Kier alpha value is -2.62. The minimum Gasteiger partial charge on any atom is -0.345 e. The Kier molecular flexibility index (Phi) is 3.21. The molecule has 0 unspecified atom stereocenters. The number of aromatic amines is 1. The van der Waals surface area contributed by atoms with Gasteiger partial charge in [0.25, 0.3) is 0 Å². The maximum Gasteiger partial charge on any atom is 0.228 e. The molecule has 4 heteroatoms. The zero-order valence-corrected chi connectivity index (χ0v) is 11.2. The summed E-state index contributed by atoms with van der Waals surface area (Å²) >= 11 is 0. The van der Waals surface area contributed by atoms with Crippen LogP contribution in [0, 0.1) is 6.92 Å². The van der Waals surface area contributed by atoms with Crippen LogP contribution in [-0.4, -0.2) is 15.9 Å². The molecule has 0 bridgehead atoms. The van der Waals surface area contributed by atoms with Crippen LogP contribution in [-0.2, 0) is 11.2 Å². The minimum absolute atomic E-state index is 0.0156. The number of aryl methyl sites for hydroxylation is 1. The summed E-state index contributed by atoms with van der Waals surface area (Å²) in [6.07, 6.45) is 2.01. The first kappa shape index (κ1) is 12.4. The fraction of sp³-hybridized carbons (Fsp3) is 0.125. The van der Waals surface area contributed by atoms with Gasteiger partial charge in [0.2, 0.25) is 5.91 Å². The van der Waals surface area contributed by atoms with E-state index in [1.54, 1.807) is 6.33 Å². The van der Waals surface area contributed by atoms with Gasteiger partial charge in [0.05, 0.1) is 23.8 Å². The largest absolute Gasteiger partial charge is 0.345 e. The summed E-state index contributed by atoms with van der Waals surface area (Å²) in [4.78, 5) is 19.3. The molecule has 1 amide bonds. The maximum atomic E-state index is 12.1. The highest BCUT2D eigenvalue weighted by Crippen LogP contribution is 2.15. The molecule has 0 radical (unpaired) electrons. The van der Waals surface area contributed by atoms with Gasteiger partial charge in [-0.3, -0.25) is 4.79 Å². The normalized spacial score (nSPS) is 10.7. The van der Waals surface area contributed by atoms with Gasteiger partial charge in [0.1, 0.15) is 0 Å². The van der Waals surface area contributed by atoms with Gasteiger partial charge in [-0.15, -0.1) is 0 Å². The molecule has 0 aliphatic carbocycles. The number of amides is 1. The number of rotatable bonds is 3. The van der Waals surface area contributed by atoms with E-state index in [9.17, 15) is 4.79 Å². The average molecular weight is 265 g/mol. The third-order valence-electron chi connectivity index (χ3n) is 3.27. The van der Waals surface area contributed by atoms with E-state index in [1.807, 2.05) is 49.4 Å². The van der Waals surface area contributed by atoms with Crippen molar-refractivity contribution in [3.63, 3.8) is 0 Å². The second-order valence-electron chi connectivity index (χ2n) is 4.79. The van der Waals surface area contributed by atoms with Crippen LogP contribution in [0.3, 0.4) is 0 Å². The summed E-state index contributed by atoms with van der Waals surface area (Å²) in [5.41, 5.74) is 4.75. The number of nitrogens with one attached hydrogen (secondary N) is 2. The molecule has 0 spiro atoms. The summed E-state index contributed by atoms with van der Waals surface area (Å²) < 4.78 is 0. The number of para-hydroxylation sites is 1. The Balaban J connectivity index is 1.74. The average Bonchev–Trinajstić information content (AvgIpc) is 2.89. The molecule has 0 saturated carbocycles. The molecule has 0 fully saturated rings. The van der Waals surface area contributed by atoms with Crippen LogP contribution in [0.5, 0.6) is 0 Å². The van der Waals surface area contributed by atoms with Gasteiger partial charge in [-0.2, -0.15) is 0 Å². The standard InChI is InChI=1S/C16H15N3O/c1-11-4-2-3-5-13(11)19-16(20)9-12-6-7-14-15(8-12)18-10-17-14/h2-8,10H,9H2,1H3,(H,17,18)(H,19,20). The number of carbonyl (C=O) groups excluding carboxylic acids is 1. The van der Waals surface area contributed by atoms with Crippen molar-refractivity contribution < 1.29 is 4.79 Å². The zero-order chi connectivity index (χ0) is 13.9. The number of aromatic nitrogens is 2. The quantitative estimate of drug-likeness (QED) is 0.764. The van der Waals surface area contributed by atoms with Gasteiger partial charge < -0.3 is 10.3 Å². The molecular weight excluding hydrogens is 250 g/mol. The first-order chi connectivity index (χ1) is 9.72. The van der Waals surface area contributed by atoms with Crippen LogP contribution in [0.1, 0.15) is 11.1 Å². The van der Waals surface area contributed by atoms with Crippen LogP contribution in [0.2, 0.25) is 0 Å². The molecule has 3 rings (SSSR count). The van der Waals surface area contributed by atoms with Crippen molar-refractivity contribution in [2.24, 2.45) is 0 Å². The number of H-pyrrole nitrogens is 1. The van der Waals surface area contributed by atoms with Crippen LogP contribution < -0.4 is 5.32 Å². The van der Waals surface area contributed by atoms with Crippen molar-refractivity contribution in [3.8, 4) is 0 Å². The summed E-state index contributed by atoms with van der Waals surface area (Å²) in [5.74, 6) is -0.0156. The van der Waals surface area contributed by atoms with Crippen LogP contribution in [0.15, 0.2) is 48.8 Å². The molecule has 0 atom stereocenters. The second kappa shape index (κ2) is 5.17. The first-order valence-corrected chi connectivity index (χ1v) is 6.50. The van der Waals surface area contributed by atoms with Crippen molar-refractivity contribution in [2.45, 2.75) is 13.3 Å². The molecule has 0 saturated heterocycles. The highest BCUT2D eigenvalue weighted by molar-refractivity contribution is 5.93. The van der Waals surface area contributed by atoms with Crippen LogP contribution >= 0.6 is 0 Å². The van der Waals surface area contributed by atoms with Crippen molar-refractivity contribution in [2.75, 3.05) is 5.32 Å². The third-order valence-corrected chi connectivity index (χ3v) is 3.27. The SMILES string of the molecule is Cc1ccccc1NC(=O)Cc1ccc2nc[nH]c2c1. The molecule has 0 aliphatic rings. The number of imidazole rings is 1. The number of hydrogen-bond donors (Lipinski definition) is 2. The van der Waals surface area contributed by atoms with E-state index in [0.29, 0.717) is 6.42 Å². The van der Waals surface area contributed by atoms with E-state index in [2.05, 4.69) is 15.3 Å². The molecule has 2 N–H and O–H groups in total. The fourth-order valence-electron chi connectivity index (χ4n) is 2.19. The van der Waals surface area contributed by atoms with Gasteiger partial charge >= 0.3 is 0 Å². The summed E-state index contributed by atoms with van der Waals surface area (Å²) in [7, 11) is 0. The molecule has 20 heavy (non-hydrogen) atoms. The lowest BCUT2D eigenvalue weighted by molar-refractivity contribution is -0.115. The van der Waals surface area contributed by atoms with Crippen molar-refractivity contribution >= 4 is 22.6 Å². The van der Waals surface area contributed by atoms with Crippen molar-refractivity contribution in [1.82, 2.24) is 9.97 Å². The fourth-order valence-corrected chi connectivity index (χ4v) is 2.19. The molecule has 4 nitrogen and oxygen atoms in total. The van der Waals surface area contributed by atoms with Crippen molar-refractivity contribution in [3.05, 3.63) is 59.9 Å². The molecule has 1 aromatic heterocycles. The van der Waals surface area contributed by atoms with Gasteiger partial charge in [0, 0.05) is 5.69 Å².